The van der Waals surface area contributed by atoms with Gasteiger partial charge >= 0.3 is 0 Å². The summed E-state index contributed by atoms with van der Waals surface area (Å²) >= 11 is 0. The van der Waals surface area contributed by atoms with Crippen LogP contribution >= 0.6 is 24.0 Å². The van der Waals surface area contributed by atoms with Crippen molar-refractivity contribution in [3.05, 3.63) is 65.5 Å². The van der Waals surface area contributed by atoms with Crippen LogP contribution in [0.4, 0.5) is 4.39 Å². The molecule has 6 nitrogen and oxygen atoms in total. The van der Waals surface area contributed by atoms with Gasteiger partial charge in [-0.05, 0) is 42.2 Å². The van der Waals surface area contributed by atoms with E-state index in [9.17, 15) is 9.18 Å². The molecule has 1 fully saturated rings. The van der Waals surface area contributed by atoms with E-state index in [-0.39, 0.29) is 47.7 Å². The average molecular weight is 540 g/mol. The van der Waals surface area contributed by atoms with Gasteiger partial charge in [0.25, 0.3) is 5.91 Å². The lowest BCUT2D eigenvalue weighted by Crippen LogP contribution is -2.41. The first-order chi connectivity index (χ1) is 14.4. The molecule has 2 aromatic rings. The van der Waals surface area contributed by atoms with Crippen LogP contribution < -0.4 is 15.4 Å². The summed E-state index contributed by atoms with van der Waals surface area (Å²) in [7, 11) is 5.11. The molecule has 0 spiro atoms. The lowest BCUT2D eigenvalue weighted by atomic mass is 9.95. The van der Waals surface area contributed by atoms with E-state index in [1.54, 1.807) is 27.2 Å². The maximum atomic E-state index is 14.2. The van der Waals surface area contributed by atoms with Gasteiger partial charge in [0.15, 0.2) is 12.6 Å². The first-order valence-electron chi connectivity index (χ1n) is 10.0. The van der Waals surface area contributed by atoms with Crippen molar-refractivity contribution in [1.29, 1.82) is 0 Å². The molecule has 2 N–H and O–H groups in total. The number of carbonyl (C=O) groups is 1. The van der Waals surface area contributed by atoms with Crippen LogP contribution in [0.15, 0.2) is 53.5 Å². The summed E-state index contributed by atoms with van der Waals surface area (Å²) < 4.78 is 19.7. The number of hydrogen-bond acceptors (Lipinski definition) is 3. The average Bonchev–Trinajstić information content (AvgIpc) is 3.53. The van der Waals surface area contributed by atoms with Crippen molar-refractivity contribution < 1.29 is 13.9 Å². The number of ether oxygens (including phenoxy) is 1. The molecule has 0 bridgehead atoms. The Labute approximate surface area is 200 Å². The zero-order valence-electron chi connectivity index (χ0n) is 18.2. The quantitative estimate of drug-likeness (QED) is 0.307. The Morgan fingerprint density at radius 2 is 1.90 bits per heavy atom. The molecule has 0 radical (unpaired) electrons. The summed E-state index contributed by atoms with van der Waals surface area (Å²) in [6, 6.07) is 14.6. The SMILES string of the molecule is CN=C(NCc1cccc(OCC(=O)N(C)C)c1)NCC1(c2ccccc2F)CC1.I. The summed E-state index contributed by atoms with van der Waals surface area (Å²) in [6.07, 6.45) is 1.92. The summed E-state index contributed by atoms with van der Waals surface area (Å²) in [5.41, 5.74) is 1.61. The predicted octanol–water partition coefficient (Wildman–Crippen LogP) is 3.31. The minimum Gasteiger partial charge on any atom is -0.484 e. The van der Waals surface area contributed by atoms with Crippen LogP contribution in [0.1, 0.15) is 24.0 Å². The van der Waals surface area contributed by atoms with Gasteiger partial charge in [-0.1, -0.05) is 30.3 Å². The molecule has 1 aliphatic carbocycles. The fourth-order valence-corrected chi connectivity index (χ4v) is 3.26. The Bertz CT molecular complexity index is 916. The minimum atomic E-state index is -0.157. The van der Waals surface area contributed by atoms with E-state index >= 15 is 0 Å². The van der Waals surface area contributed by atoms with Crippen molar-refractivity contribution in [2.75, 3.05) is 34.3 Å². The van der Waals surface area contributed by atoms with E-state index in [1.807, 2.05) is 36.4 Å². The third-order valence-electron chi connectivity index (χ3n) is 5.34. The van der Waals surface area contributed by atoms with Crippen molar-refractivity contribution >= 4 is 35.8 Å². The van der Waals surface area contributed by atoms with Crippen molar-refractivity contribution in [1.82, 2.24) is 15.5 Å². The van der Waals surface area contributed by atoms with Crippen molar-refractivity contribution in [2.24, 2.45) is 4.99 Å². The standard InChI is InChI=1S/C23H29FN4O2.HI/c1-25-22(27-16-23(11-12-23)19-9-4-5-10-20(19)24)26-14-17-7-6-8-18(13-17)30-15-21(29)28(2)3;/h4-10,13H,11-12,14-16H2,1-3H3,(H2,25,26,27);1H. The van der Waals surface area contributed by atoms with E-state index in [4.69, 9.17) is 4.74 Å². The van der Waals surface area contributed by atoms with Gasteiger partial charge in [0.2, 0.25) is 0 Å². The Morgan fingerprint density at radius 3 is 2.55 bits per heavy atom. The highest BCUT2D eigenvalue weighted by atomic mass is 127. The number of aliphatic imine (C=N–C) groups is 1. The van der Waals surface area contributed by atoms with Crippen LogP contribution in [0.5, 0.6) is 5.75 Å². The van der Waals surface area contributed by atoms with Crippen LogP contribution in [0.25, 0.3) is 0 Å². The number of hydrogen-bond donors (Lipinski definition) is 2. The maximum Gasteiger partial charge on any atom is 0.259 e. The number of nitrogens with one attached hydrogen (secondary N) is 2. The number of benzene rings is 2. The van der Waals surface area contributed by atoms with Gasteiger partial charge in [0.1, 0.15) is 11.6 Å². The Balaban J connectivity index is 0.00000341. The molecule has 1 aliphatic rings. The highest BCUT2D eigenvalue weighted by Gasteiger charge is 2.45. The molecular weight excluding hydrogens is 510 g/mol. The summed E-state index contributed by atoms with van der Waals surface area (Å²) in [5, 5.41) is 6.60. The number of carbonyl (C=O) groups excluding carboxylic acids is 1. The zero-order valence-corrected chi connectivity index (χ0v) is 20.5. The van der Waals surface area contributed by atoms with E-state index in [2.05, 4.69) is 15.6 Å². The molecule has 2 aromatic carbocycles. The first-order valence-corrected chi connectivity index (χ1v) is 10.0. The Morgan fingerprint density at radius 1 is 1.16 bits per heavy atom. The zero-order chi connectivity index (χ0) is 21.6. The normalized spacial score (nSPS) is 14.3. The molecule has 0 unspecified atom stereocenters. The van der Waals surface area contributed by atoms with Crippen molar-refractivity contribution in [2.45, 2.75) is 24.8 Å². The lowest BCUT2D eigenvalue weighted by molar-refractivity contribution is -0.130. The van der Waals surface area contributed by atoms with Crippen LogP contribution in [-0.4, -0.2) is 51.1 Å². The van der Waals surface area contributed by atoms with Gasteiger partial charge < -0.3 is 20.3 Å². The van der Waals surface area contributed by atoms with Gasteiger partial charge in [-0.2, -0.15) is 0 Å². The Hall–Kier alpha value is -2.36. The van der Waals surface area contributed by atoms with Crippen molar-refractivity contribution in [3.63, 3.8) is 0 Å². The fraction of sp³-hybridized carbons (Fsp3) is 0.391. The molecule has 1 saturated carbocycles. The largest absolute Gasteiger partial charge is 0.484 e. The number of amides is 1. The summed E-state index contributed by atoms with van der Waals surface area (Å²) in [4.78, 5) is 17.4. The van der Waals surface area contributed by atoms with Crippen molar-refractivity contribution in [3.8, 4) is 5.75 Å². The van der Waals surface area contributed by atoms with Gasteiger partial charge in [-0.3, -0.25) is 9.79 Å². The summed E-state index contributed by atoms with van der Waals surface area (Å²) in [6.45, 7) is 1.18. The first kappa shape index (κ1) is 24.9. The highest BCUT2D eigenvalue weighted by Crippen LogP contribution is 2.48. The van der Waals surface area contributed by atoms with Crippen LogP contribution in [0, 0.1) is 5.82 Å². The van der Waals surface area contributed by atoms with Crippen LogP contribution in [-0.2, 0) is 16.8 Å². The molecule has 3 rings (SSSR count). The van der Waals surface area contributed by atoms with E-state index in [0.29, 0.717) is 24.8 Å². The smallest absolute Gasteiger partial charge is 0.259 e. The second-order valence-corrected chi connectivity index (χ2v) is 7.76. The van der Waals surface area contributed by atoms with E-state index in [1.165, 1.54) is 11.0 Å². The maximum absolute atomic E-state index is 14.2. The molecule has 31 heavy (non-hydrogen) atoms. The second-order valence-electron chi connectivity index (χ2n) is 7.76. The fourth-order valence-electron chi connectivity index (χ4n) is 3.26. The third-order valence-corrected chi connectivity index (χ3v) is 5.34. The minimum absolute atomic E-state index is 0. The molecule has 0 saturated heterocycles. The van der Waals surface area contributed by atoms with Crippen LogP contribution in [0.3, 0.4) is 0 Å². The molecular formula is C23H30FIN4O2. The van der Waals surface area contributed by atoms with E-state index in [0.717, 1.165) is 24.0 Å². The monoisotopic (exact) mass is 540 g/mol. The highest BCUT2D eigenvalue weighted by molar-refractivity contribution is 14.0. The van der Waals surface area contributed by atoms with Gasteiger partial charge in [0.05, 0.1) is 0 Å². The number of guanidine groups is 1. The molecule has 0 aliphatic heterocycles. The number of halogens is 2. The predicted molar refractivity (Wildman–Crippen MR) is 132 cm³/mol. The molecule has 168 valence electrons. The lowest BCUT2D eigenvalue weighted by Gasteiger charge is -2.19. The second kappa shape index (κ2) is 11.3. The number of nitrogens with zero attached hydrogens (tertiary/aromatic N) is 2. The molecule has 0 aromatic heterocycles. The number of likely N-dealkylation sites (N-methyl/N-ethyl adjacent to an activating group) is 1. The van der Waals surface area contributed by atoms with Crippen LogP contribution in [0.2, 0.25) is 0 Å². The molecule has 0 heterocycles. The van der Waals surface area contributed by atoms with Gasteiger partial charge in [-0.25, -0.2) is 4.39 Å². The molecule has 1 amide bonds. The molecule has 8 heteroatoms. The molecule has 0 atom stereocenters. The number of rotatable bonds is 8. The van der Waals surface area contributed by atoms with Gasteiger partial charge in [0, 0.05) is 39.6 Å². The third kappa shape index (κ3) is 6.81. The van der Waals surface area contributed by atoms with E-state index < -0.39 is 0 Å². The summed E-state index contributed by atoms with van der Waals surface area (Å²) in [5.74, 6) is 1.06. The topological polar surface area (TPSA) is 66.0 Å². The Kier molecular flexibility index (Phi) is 9.09. The van der Waals surface area contributed by atoms with Gasteiger partial charge in [-0.15, -0.1) is 24.0 Å².